The van der Waals surface area contributed by atoms with Gasteiger partial charge in [0.2, 0.25) is 5.91 Å². The van der Waals surface area contributed by atoms with Crippen molar-refractivity contribution in [3.05, 3.63) is 12.7 Å². The van der Waals surface area contributed by atoms with Crippen LogP contribution in [-0.4, -0.2) is 51.8 Å². The van der Waals surface area contributed by atoms with Crippen LogP contribution in [0.3, 0.4) is 0 Å². The van der Waals surface area contributed by atoms with Gasteiger partial charge in [0.15, 0.2) is 0 Å². The van der Waals surface area contributed by atoms with E-state index in [0.29, 0.717) is 25.6 Å². The number of carbonyl (C=O) groups is 1. The average molecular weight is 251 g/mol. The first-order valence-electron chi connectivity index (χ1n) is 6.55. The molecule has 1 amide bonds. The zero-order chi connectivity index (χ0) is 12.8. The van der Waals surface area contributed by atoms with Crippen molar-refractivity contribution in [1.29, 1.82) is 0 Å². The molecule has 0 saturated carbocycles. The second-order valence-corrected chi connectivity index (χ2v) is 4.84. The van der Waals surface area contributed by atoms with E-state index in [9.17, 15) is 4.79 Å². The van der Waals surface area contributed by atoms with Gasteiger partial charge in [-0.3, -0.25) is 9.48 Å². The first kappa shape index (κ1) is 13.0. The van der Waals surface area contributed by atoms with Crippen LogP contribution in [0.15, 0.2) is 12.7 Å². The minimum absolute atomic E-state index is 0.133. The number of hydrogen-bond acceptors (Lipinski definition) is 4. The fourth-order valence-electron chi connectivity index (χ4n) is 2.35. The largest absolute Gasteiger partial charge is 0.354 e. The van der Waals surface area contributed by atoms with E-state index in [-0.39, 0.29) is 5.91 Å². The summed E-state index contributed by atoms with van der Waals surface area (Å²) in [5, 5.41) is 6.92. The van der Waals surface area contributed by atoms with Crippen molar-refractivity contribution in [3.63, 3.8) is 0 Å². The van der Waals surface area contributed by atoms with Gasteiger partial charge in [0.25, 0.3) is 0 Å². The first-order valence-corrected chi connectivity index (χ1v) is 6.55. The van der Waals surface area contributed by atoms with Crippen molar-refractivity contribution in [2.75, 3.05) is 20.1 Å². The highest BCUT2D eigenvalue weighted by atomic mass is 16.1. The van der Waals surface area contributed by atoms with Crippen molar-refractivity contribution < 1.29 is 4.79 Å². The topological polar surface area (TPSA) is 63.1 Å². The van der Waals surface area contributed by atoms with E-state index in [1.54, 1.807) is 11.0 Å². The Labute approximate surface area is 107 Å². The van der Waals surface area contributed by atoms with Crippen LogP contribution in [0, 0.1) is 0 Å². The monoisotopic (exact) mass is 251 g/mol. The summed E-state index contributed by atoms with van der Waals surface area (Å²) in [6.45, 7) is 2.39. The summed E-state index contributed by atoms with van der Waals surface area (Å²) in [6.07, 6.45) is 7.38. The predicted octanol–water partition coefficient (Wildman–Crippen LogP) is 0.269. The Hall–Kier alpha value is -1.43. The van der Waals surface area contributed by atoms with Gasteiger partial charge in [0.05, 0.1) is 6.54 Å². The molecule has 6 heteroatoms. The molecule has 1 saturated heterocycles. The van der Waals surface area contributed by atoms with Crippen LogP contribution in [0.25, 0.3) is 0 Å². The number of carbonyl (C=O) groups excluding carboxylic acids is 1. The fraction of sp³-hybridized carbons (Fsp3) is 0.750. The zero-order valence-corrected chi connectivity index (χ0v) is 10.9. The average Bonchev–Trinajstić information content (AvgIpc) is 2.85. The maximum atomic E-state index is 11.8. The standard InChI is InChI=1S/C12H21N5O/c1-16-6-3-2-4-11(16)8-12(18)14-5-7-17-10-13-9-15-17/h9-11H,2-8H2,1H3,(H,14,18). The summed E-state index contributed by atoms with van der Waals surface area (Å²) in [5.74, 6) is 0.133. The molecule has 0 aromatic carbocycles. The van der Waals surface area contributed by atoms with E-state index in [0.717, 1.165) is 13.0 Å². The molecule has 1 aliphatic heterocycles. The summed E-state index contributed by atoms with van der Waals surface area (Å²) < 4.78 is 1.72. The van der Waals surface area contributed by atoms with Gasteiger partial charge in [0.1, 0.15) is 12.7 Å². The van der Waals surface area contributed by atoms with Crippen molar-refractivity contribution in [3.8, 4) is 0 Å². The lowest BCUT2D eigenvalue weighted by atomic mass is 10.00. The summed E-state index contributed by atoms with van der Waals surface area (Å²) in [6, 6.07) is 0.408. The number of piperidine rings is 1. The lowest BCUT2D eigenvalue weighted by Crippen LogP contribution is -2.40. The van der Waals surface area contributed by atoms with Crippen LogP contribution in [0.2, 0.25) is 0 Å². The van der Waals surface area contributed by atoms with Crippen LogP contribution >= 0.6 is 0 Å². The molecule has 1 fully saturated rings. The molecular formula is C12H21N5O. The molecule has 1 aliphatic rings. The Bertz CT molecular complexity index is 365. The minimum atomic E-state index is 0.133. The molecule has 2 heterocycles. The van der Waals surface area contributed by atoms with Gasteiger partial charge < -0.3 is 10.2 Å². The highest BCUT2D eigenvalue weighted by molar-refractivity contribution is 5.76. The molecular weight excluding hydrogens is 230 g/mol. The number of rotatable bonds is 5. The normalized spacial score (nSPS) is 20.8. The highest BCUT2D eigenvalue weighted by Crippen LogP contribution is 2.17. The van der Waals surface area contributed by atoms with Gasteiger partial charge in [-0.15, -0.1) is 0 Å². The second kappa shape index (κ2) is 6.49. The smallest absolute Gasteiger partial charge is 0.221 e. The molecule has 1 unspecified atom stereocenters. The van der Waals surface area contributed by atoms with Crippen LogP contribution < -0.4 is 5.32 Å². The Balaban J connectivity index is 1.65. The molecule has 0 spiro atoms. The zero-order valence-electron chi connectivity index (χ0n) is 10.9. The molecule has 0 radical (unpaired) electrons. The number of nitrogens with zero attached hydrogens (tertiary/aromatic N) is 4. The van der Waals surface area contributed by atoms with E-state index < -0.39 is 0 Å². The van der Waals surface area contributed by atoms with Gasteiger partial charge in [-0.2, -0.15) is 5.10 Å². The van der Waals surface area contributed by atoms with Crippen LogP contribution in [0.5, 0.6) is 0 Å². The van der Waals surface area contributed by atoms with E-state index in [4.69, 9.17) is 0 Å². The summed E-state index contributed by atoms with van der Waals surface area (Å²) in [7, 11) is 2.10. The quantitative estimate of drug-likeness (QED) is 0.816. The van der Waals surface area contributed by atoms with Gasteiger partial charge in [0, 0.05) is 19.0 Å². The van der Waals surface area contributed by atoms with Gasteiger partial charge in [-0.25, -0.2) is 4.98 Å². The molecule has 100 valence electrons. The molecule has 0 aliphatic carbocycles. The van der Waals surface area contributed by atoms with Crippen molar-refractivity contribution >= 4 is 5.91 Å². The number of nitrogens with one attached hydrogen (secondary N) is 1. The maximum absolute atomic E-state index is 11.8. The number of aromatic nitrogens is 3. The molecule has 18 heavy (non-hydrogen) atoms. The molecule has 1 aromatic heterocycles. The highest BCUT2D eigenvalue weighted by Gasteiger charge is 2.21. The molecule has 1 atom stereocenters. The minimum Gasteiger partial charge on any atom is -0.354 e. The Morgan fingerprint density at radius 3 is 3.11 bits per heavy atom. The van der Waals surface area contributed by atoms with Crippen molar-refractivity contribution in [2.24, 2.45) is 0 Å². The second-order valence-electron chi connectivity index (χ2n) is 4.84. The van der Waals surface area contributed by atoms with E-state index >= 15 is 0 Å². The third kappa shape index (κ3) is 3.80. The summed E-state index contributed by atoms with van der Waals surface area (Å²) >= 11 is 0. The van der Waals surface area contributed by atoms with E-state index in [2.05, 4.69) is 27.3 Å². The van der Waals surface area contributed by atoms with Crippen molar-refractivity contribution in [2.45, 2.75) is 38.3 Å². The maximum Gasteiger partial charge on any atom is 0.221 e. The number of hydrogen-bond donors (Lipinski definition) is 1. The fourth-order valence-corrected chi connectivity index (χ4v) is 2.35. The SMILES string of the molecule is CN1CCCCC1CC(=O)NCCn1cncn1. The summed E-state index contributed by atoms with van der Waals surface area (Å²) in [4.78, 5) is 18.0. The third-order valence-electron chi connectivity index (χ3n) is 3.47. The Morgan fingerprint density at radius 1 is 1.50 bits per heavy atom. The molecule has 1 N–H and O–H groups in total. The molecule has 1 aromatic rings. The van der Waals surface area contributed by atoms with E-state index in [1.807, 2.05) is 0 Å². The molecule has 0 bridgehead atoms. The Kier molecular flexibility index (Phi) is 4.69. The lowest BCUT2D eigenvalue weighted by molar-refractivity contribution is -0.122. The van der Waals surface area contributed by atoms with Gasteiger partial charge >= 0.3 is 0 Å². The van der Waals surface area contributed by atoms with Crippen LogP contribution in [0.1, 0.15) is 25.7 Å². The van der Waals surface area contributed by atoms with E-state index in [1.165, 1.54) is 19.2 Å². The number of amides is 1. The Morgan fingerprint density at radius 2 is 2.39 bits per heavy atom. The predicted molar refractivity (Wildman–Crippen MR) is 67.9 cm³/mol. The van der Waals surface area contributed by atoms with Crippen LogP contribution in [0.4, 0.5) is 0 Å². The lowest BCUT2D eigenvalue weighted by Gasteiger charge is -2.31. The van der Waals surface area contributed by atoms with Crippen LogP contribution in [-0.2, 0) is 11.3 Å². The van der Waals surface area contributed by atoms with Gasteiger partial charge in [-0.1, -0.05) is 6.42 Å². The number of likely N-dealkylation sites (tertiary alicyclic amines) is 1. The van der Waals surface area contributed by atoms with Gasteiger partial charge in [-0.05, 0) is 26.4 Å². The van der Waals surface area contributed by atoms with Crippen molar-refractivity contribution in [1.82, 2.24) is 25.0 Å². The third-order valence-corrected chi connectivity index (χ3v) is 3.47. The molecule has 2 rings (SSSR count). The summed E-state index contributed by atoms with van der Waals surface area (Å²) in [5.41, 5.74) is 0. The molecule has 6 nitrogen and oxygen atoms in total. The first-order chi connectivity index (χ1) is 8.75.